The highest BCUT2D eigenvalue weighted by Gasteiger charge is 2.19. The molecule has 0 spiro atoms. The normalized spacial score (nSPS) is 11.2. The Balaban J connectivity index is 1.56. The molecule has 1 amide bonds. The van der Waals surface area contributed by atoms with Crippen LogP contribution in [0.25, 0.3) is 22.3 Å². The van der Waals surface area contributed by atoms with Crippen LogP contribution in [0.1, 0.15) is 25.0 Å². The van der Waals surface area contributed by atoms with Crippen molar-refractivity contribution in [3.8, 4) is 11.4 Å². The lowest BCUT2D eigenvalue weighted by Crippen LogP contribution is -2.16. The van der Waals surface area contributed by atoms with Crippen LogP contribution in [0.15, 0.2) is 53.8 Å². The van der Waals surface area contributed by atoms with Gasteiger partial charge in [0, 0.05) is 41.4 Å². The van der Waals surface area contributed by atoms with Gasteiger partial charge in [0.2, 0.25) is 5.91 Å². The summed E-state index contributed by atoms with van der Waals surface area (Å²) in [7, 11) is 0. The zero-order chi connectivity index (χ0) is 22.0. The number of nitrogens with one attached hydrogen (secondary N) is 1. The first-order valence-corrected chi connectivity index (χ1v) is 11.5. The van der Waals surface area contributed by atoms with Crippen molar-refractivity contribution >= 4 is 34.3 Å². The third-order valence-corrected chi connectivity index (χ3v) is 6.45. The second-order valence-electron chi connectivity index (χ2n) is 7.50. The molecule has 0 aliphatic carbocycles. The predicted molar refractivity (Wildman–Crippen MR) is 128 cm³/mol. The third-order valence-electron chi connectivity index (χ3n) is 5.48. The maximum Gasteiger partial charge on any atom is 0.234 e. The Labute approximate surface area is 186 Å². The maximum absolute atomic E-state index is 12.6. The fourth-order valence-corrected chi connectivity index (χ4v) is 4.69. The number of fused-ring (bicyclic) bond motifs is 1. The molecule has 0 bridgehead atoms. The molecule has 160 valence electrons. The molecule has 0 unspecified atom stereocenters. The van der Waals surface area contributed by atoms with E-state index in [0.29, 0.717) is 0 Å². The number of nitrogens with zero attached hydrogens (tertiary/aromatic N) is 4. The number of hydrogen-bond donors (Lipinski definition) is 1. The van der Waals surface area contributed by atoms with E-state index in [0.717, 1.165) is 51.8 Å². The fraction of sp³-hybridized carbons (Fsp3) is 0.292. The highest BCUT2D eigenvalue weighted by molar-refractivity contribution is 7.99. The summed E-state index contributed by atoms with van der Waals surface area (Å²) in [6.45, 7) is 9.84. The van der Waals surface area contributed by atoms with Gasteiger partial charge in [0.25, 0.3) is 0 Å². The topological polar surface area (TPSA) is 64.7 Å². The molecule has 4 rings (SSSR count). The Morgan fingerprint density at radius 3 is 2.45 bits per heavy atom. The van der Waals surface area contributed by atoms with Gasteiger partial charge < -0.3 is 14.5 Å². The molecule has 2 heterocycles. The van der Waals surface area contributed by atoms with Crippen LogP contribution in [0.5, 0.6) is 0 Å². The number of hydrogen-bond acceptors (Lipinski definition) is 4. The van der Waals surface area contributed by atoms with Gasteiger partial charge in [-0.15, -0.1) is 10.2 Å². The van der Waals surface area contributed by atoms with Crippen LogP contribution in [0.3, 0.4) is 0 Å². The van der Waals surface area contributed by atoms with E-state index >= 15 is 0 Å². The molecular formula is C24H27N5OS. The standard InChI is InChI=1S/C24H27N5OS/c1-5-28-14-19(18-12-7-8-13-20(18)28)23-26-27-24(29(23)6-2)31-15-21(30)25-22-16(3)10-9-11-17(22)4/h7-14H,5-6,15H2,1-4H3,(H,25,30). The van der Waals surface area contributed by atoms with E-state index in [1.165, 1.54) is 17.3 Å². The lowest BCUT2D eigenvalue weighted by molar-refractivity contribution is -0.113. The largest absolute Gasteiger partial charge is 0.347 e. The number of anilines is 1. The number of aromatic nitrogens is 4. The van der Waals surface area contributed by atoms with Gasteiger partial charge in [0.1, 0.15) is 0 Å². The number of rotatable bonds is 7. The molecule has 0 aliphatic rings. The number of para-hydroxylation sites is 2. The zero-order valence-electron chi connectivity index (χ0n) is 18.3. The van der Waals surface area contributed by atoms with Gasteiger partial charge in [-0.25, -0.2) is 0 Å². The second-order valence-corrected chi connectivity index (χ2v) is 8.44. The summed E-state index contributed by atoms with van der Waals surface area (Å²) in [5, 5.41) is 13.9. The zero-order valence-corrected chi connectivity index (χ0v) is 19.2. The summed E-state index contributed by atoms with van der Waals surface area (Å²) >= 11 is 1.41. The first kappa shape index (κ1) is 21.2. The molecule has 4 aromatic rings. The van der Waals surface area contributed by atoms with Crippen molar-refractivity contribution in [1.29, 1.82) is 0 Å². The van der Waals surface area contributed by atoms with E-state index < -0.39 is 0 Å². The van der Waals surface area contributed by atoms with Gasteiger partial charge >= 0.3 is 0 Å². The van der Waals surface area contributed by atoms with Gasteiger partial charge in [-0.3, -0.25) is 4.79 Å². The number of carbonyl (C=O) groups excluding carboxylic acids is 1. The lowest BCUT2D eigenvalue weighted by Gasteiger charge is -2.11. The Morgan fingerprint density at radius 1 is 1.00 bits per heavy atom. The molecule has 0 aliphatic heterocycles. The molecule has 6 nitrogen and oxygen atoms in total. The SMILES string of the molecule is CCn1c(SCC(=O)Nc2c(C)cccc2C)nnc1-c1cn(CC)c2ccccc12. The van der Waals surface area contributed by atoms with Crippen molar-refractivity contribution in [3.63, 3.8) is 0 Å². The van der Waals surface area contributed by atoms with Gasteiger partial charge in [0.15, 0.2) is 11.0 Å². The Morgan fingerprint density at radius 2 is 1.74 bits per heavy atom. The van der Waals surface area contributed by atoms with E-state index in [-0.39, 0.29) is 11.7 Å². The summed E-state index contributed by atoms with van der Waals surface area (Å²) in [6.07, 6.45) is 2.14. The van der Waals surface area contributed by atoms with Crippen LogP contribution in [-0.2, 0) is 17.9 Å². The van der Waals surface area contributed by atoms with E-state index in [4.69, 9.17) is 0 Å². The van der Waals surface area contributed by atoms with Crippen LogP contribution in [0.4, 0.5) is 5.69 Å². The number of amides is 1. The molecule has 1 N–H and O–H groups in total. The number of aryl methyl sites for hydroxylation is 3. The Bertz CT molecular complexity index is 1220. The van der Waals surface area contributed by atoms with E-state index in [1.54, 1.807) is 0 Å². The molecule has 0 radical (unpaired) electrons. The Hall–Kier alpha value is -3.06. The fourth-order valence-electron chi connectivity index (χ4n) is 3.88. The molecule has 0 saturated carbocycles. The molecule has 2 aromatic carbocycles. The number of benzene rings is 2. The van der Waals surface area contributed by atoms with Gasteiger partial charge in [-0.1, -0.05) is 48.2 Å². The summed E-state index contributed by atoms with van der Waals surface area (Å²) < 4.78 is 4.31. The first-order chi connectivity index (χ1) is 15.0. The molecule has 2 aromatic heterocycles. The average molecular weight is 434 g/mol. The van der Waals surface area contributed by atoms with E-state index in [9.17, 15) is 4.79 Å². The predicted octanol–water partition coefficient (Wildman–Crippen LogP) is 5.29. The van der Waals surface area contributed by atoms with E-state index in [2.05, 4.69) is 62.9 Å². The highest BCUT2D eigenvalue weighted by Crippen LogP contribution is 2.32. The molecule has 0 fully saturated rings. The van der Waals surface area contributed by atoms with Crippen LogP contribution in [-0.4, -0.2) is 31.0 Å². The van der Waals surface area contributed by atoms with Crippen LogP contribution in [0, 0.1) is 13.8 Å². The first-order valence-electron chi connectivity index (χ1n) is 10.5. The van der Waals surface area contributed by atoms with Crippen molar-refractivity contribution in [3.05, 3.63) is 59.8 Å². The summed E-state index contributed by atoms with van der Waals surface area (Å²) in [5.41, 5.74) is 5.26. The third kappa shape index (κ3) is 4.10. The summed E-state index contributed by atoms with van der Waals surface area (Å²) in [4.78, 5) is 12.6. The summed E-state index contributed by atoms with van der Waals surface area (Å²) in [5.74, 6) is 1.07. The Kier molecular flexibility index (Phi) is 6.13. The quantitative estimate of drug-likeness (QED) is 0.402. The van der Waals surface area contributed by atoms with Crippen LogP contribution >= 0.6 is 11.8 Å². The second kappa shape index (κ2) is 8.98. The van der Waals surface area contributed by atoms with Crippen molar-refractivity contribution < 1.29 is 4.79 Å². The monoisotopic (exact) mass is 433 g/mol. The number of carbonyl (C=O) groups is 1. The summed E-state index contributed by atoms with van der Waals surface area (Å²) in [6, 6.07) is 14.4. The molecule has 0 atom stereocenters. The van der Waals surface area contributed by atoms with Gasteiger partial charge in [-0.2, -0.15) is 0 Å². The minimum absolute atomic E-state index is 0.0443. The molecular weight excluding hydrogens is 406 g/mol. The van der Waals surface area contributed by atoms with Gasteiger partial charge in [-0.05, 0) is 44.9 Å². The smallest absolute Gasteiger partial charge is 0.234 e. The molecule has 31 heavy (non-hydrogen) atoms. The highest BCUT2D eigenvalue weighted by atomic mass is 32.2. The minimum atomic E-state index is -0.0443. The molecule has 7 heteroatoms. The molecule has 0 saturated heterocycles. The van der Waals surface area contributed by atoms with E-state index in [1.807, 2.05) is 38.1 Å². The average Bonchev–Trinajstić information content (AvgIpc) is 3.35. The van der Waals surface area contributed by atoms with Crippen molar-refractivity contribution in [2.24, 2.45) is 0 Å². The van der Waals surface area contributed by atoms with Crippen molar-refractivity contribution in [1.82, 2.24) is 19.3 Å². The minimum Gasteiger partial charge on any atom is -0.347 e. The van der Waals surface area contributed by atoms with Crippen molar-refractivity contribution in [2.45, 2.75) is 45.9 Å². The lowest BCUT2D eigenvalue weighted by atomic mass is 10.1. The van der Waals surface area contributed by atoms with Crippen LogP contribution < -0.4 is 5.32 Å². The maximum atomic E-state index is 12.6. The van der Waals surface area contributed by atoms with Gasteiger partial charge in [0.05, 0.1) is 5.75 Å². The van der Waals surface area contributed by atoms with Crippen LogP contribution in [0.2, 0.25) is 0 Å². The van der Waals surface area contributed by atoms with Crippen molar-refractivity contribution in [2.75, 3.05) is 11.1 Å². The number of thioether (sulfide) groups is 1.